The molecule has 0 bridgehead atoms. The van der Waals surface area contributed by atoms with Crippen LogP contribution in [0.5, 0.6) is 0 Å². The number of benzene rings is 1. The average molecular weight is 336 g/mol. The van der Waals surface area contributed by atoms with Crippen molar-refractivity contribution in [3.63, 3.8) is 0 Å². The lowest BCUT2D eigenvalue weighted by Crippen LogP contribution is -2.20. The Labute approximate surface area is 129 Å². The van der Waals surface area contributed by atoms with Gasteiger partial charge in [-0.1, -0.05) is 29.8 Å². The van der Waals surface area contributed by atoms with Gasteiger partial charge in [0.15, 0.2) is 0 Å². The predicted molar refractivity (Wildman–Crippen MR) is 86.7 cm³/mol. The first kappa shape index (κ1) is 15.3. The smallest absolute Gasteiger partial charge is 0.0739 e. The summed E-state index contributed by atoms with van der Waals surface area (Å²) in [5, 5.41) is 4.54. The number of aromatic nitrogens is 2. The Hall–Kier alpha value is -1.13. The van der Waals surface area contributed by atoms with Gasteiger partial charge in [0.25, 0.3) is 0 Å². The third-order valence-electron chi connectivity index (χ3n) is 3.45. The van der Waals surface area contributed by atoms with Gasteiger partial charge in [0.2, 0.25) is 0 Å². The van der Waals surface area contributed by atoms with Crippen LogP contribution in [0, 0.1) is 13.8 Å². The summed E-state index contributed by atoms with van der Waals surface area (Å²) in [5.41, 5.74) is 4.96. The SMILES string of the molecule is CCn1nc(C)c(Br)c1CN(C)Cc1ccc(C)cc1. The minimum absolute atomic E-state index is 0.892. The monoisotopic (exact) mass is 335 g/mol. The highest BCUT2D eigenvalue weighted by Crippen LogP contribution is 2.22. The van der Waals surface area contributed by atoms with Gasteiger partial charge in [0, 0.05) is 19.6 Å². The third kappa shape index (κ3) is 3.49. The predicted octanol–water partition coefficient (Wildman–Crippen LogP) is 3.91. The lowest BCUT2D eigenvalue weighted by molar-refractivity contribution is 0.307. The van der Waals surface area contributed by atoms with E-state index in [1.165, 1.54) is 16.8 Å². The van der Waals surface area contributed by atoms with Crippen molar-refractivity contribution in [1.29, 1.82) is 0 Å². The summed E-state index contributed by atoms with van der Waals surface area (Å²) < 4.78 is 3.21. The van der Waals surface area contributed by atoms with E-state index < -0.39 is 0 Å². The highest BCUT2D eigenvalue weighted by Gasteiger charge is 2.14. The van der Waals surface area contributed by atoms with E-state index in [2.05, 4.69) is 75.8 Å². The minimum atomic E-state index is 0.892. The lowest BCUT2D eigenvalue weighted by Gasteiger charge is -2.18. The van der Waals surface area contributed by atoms with E-state index in [0.29, 0.717) is 0 Å². The number of nitrogens with zero attached hydrogens (tertiary/aromatic N) is 3. The molecule has 0 unspecified atom stereocenters. The van der Waals surface area contributed by atoms with Crippen molar-refractivity contribution in [2.45, 2.75) is 40.4 Å². The summed E-state index contributed by atoms with van der Waals surface area (Å²) >= 11 is 3.66. The van der Waals surface area contributed by atoms with E-state index in [4.69, 9.17) is 0 Å². The van der Waals surface area contributed by atoms with Gasteiger partial charge < -0.3 is 0 Å². The Morgan fingerprint density at radius 1 is 1.15 bits per heavy atom. The van der Waals surface area contributed by atoms with Gasteiger partial charge >= 0.3 is 0 Å². The van der Waals surface area contributed by atoms with Crippen molar-refractivity contribution >= 4 is 15.9 Å². The van der Waals surface area contributed by atoms with Crippen LogP contribution in [0.15, 0.2) is 28.7 Å². The Morgan fingerprint density at radius 3 is 2.40 bits per heavy atom. The van der Waals surface area contributed by atoms with Crippen molar-refractivity contribution in [2.24, 2.45) is 0 Å². The van der Waals surface area contributed by atoms with Crippen LogP contribution in [0.1, 0.15) is 29.4 Å². The van der Waals surface area contributed by atoms with Crippen LogP contribution < -0.4 is 0 Å². The number of hydrogen-bond donors (Lipinski definition) is 0. The second-order valence-electron chi connectivity index (χ2n) is 5.32. The van der Waals surface area contributed by atoms with E-state index in [0.717, 1.165) is 29.8 Å². The molecule has 1 aromatic carbocycles. The quantitative estimate of drug-likeness (QED) is 0.825. The van der Waals surface area contributed by atoms with E-state index in [1.807, 2.05) is 6.92 Å². The molecule has 0 aliphatic carbocycles. The first-order valence-electron chi connectivity index (χ1n) is 6.97. The number of aryl methyl sites for hydroxylation is 3. The maximum atomic E-state index is 4.54. The minimum Gasteiger partial charge on any atom is -0.296 e. The van der Waals surface area contributed by atoms with Gasteiger partial charge in [-0.25, -0.2) is 0 Å². The highest BCUT2D eigenvalue weighted by atomic mass is 79.9. The molecular formula is C16H22BrN3. The van der Waals surface area contributed by atoms with Crippen LogP contribution in [0.4, 0.5) is 0 Å². The van der Waals surface area contributed by atoms with E-state index in [1.54, 1.807) is 0 Å². The molecule has 20 heavy (non-hydrogen) atoms. The third-order valence-corrected chi connectivity index (χ3v) is 4.48. The number of halogens is 1. The Bertz CT molecular complexity index is 572. The largest absolute Gasteiger partial charge is 0.296 e. The van der Waals surface area contributed by atoms with Gasteiger partial charge in [0.05, 0.1) is 15.9 Å². The number of rotatable bonds is 5. The van der Waals surface area contributed by atoms with Crippen molar-refractivity contribution < 1.29 is 0 Å². The molecule has 0 N–H and O–H groups in total. The summed E-state index contributed by atoms with van der Waals surface area (Å²) in [6, 6.07) is 8.73. The fraction of sp³-hybridized carbons (Fsp3) is 0.438. The molecule has 0 saturated carbocycles. The standard InChI is InChI=1S/C16H22BrN3/c1-5-20-15(16(17)13(3)18-20)11-19(4)10-14-8-6-12(2)7-9-14/h6-9H,5,10-11H2,1-4H3. The van der Waals surface area contributed by atoms with Crippen LogP contribution >= 0.6 is 15.9 Å². The maximum absolute atomic E-state index is 4.54. The lowest BCUT2D eigenvalue weighted by atomic mass is 10.1. The molecule has 3 nitrogen and oxygen atoms in total. The van der Waals surface area contributed by atoms with Gasteiger partial charge in [-0.05, 0) is 49.3 Å². The molecule has 1 heterocycles. The topological polar surface area (TPSA) is 21.1 Å². The molecule has 0 amide bonds. The van der Waals surface area contributed by atoms with E-state index in [9.17, 15) is 0 Å². The molecular weight excluding hydrogens is 314 g/mol. The molecule has 108 valence electrons. The summed E-state index contributed by atoms with van der Waals surface area (Å²) in [6.45, 7) is 9.03. The first-order valence-corrected chi connectivity index (χ1v) is 7.76. The molecule has 4 heteroatoms. The first-order chi connectivity index (χ1) is 9.51. The molecule has 0 saturated heterocycles. The summed E-state index contributed by atoms with van der Waals surface area (Å²) in [4.78, 5) is 2.32. The summed E-state index contributed by atoms with van der Waals surface area (Å²) in [7, 11) is 2.15. The zero-order chi connectivity index (χ0) is 14.7. The van der Waals surface area contributed by atoms with Gasteiger partial charge in [-0.3, -0.25) is 9.58 Å². The molecule has 0 aliphatic heterocycles. The molecule has 0 fully saturated rings. The van der Waals surface area contributed by atoms with E-state index in [-0.39, 0.29) is 0 Å². The van der Waals surface area contributed by atoms with Gasteiger partial charge in [0.1, 0.15) is 0 Å². The summed E-state index contributed by atoms with van der Waals surface area (Å²) in [6.07, 6.45) is 0. The molecule has 0 atom stereocenters. The molecule has 0 aliphatic rings. The van der Waals surface area contributed by atoms with Crippen LogP contribution in [0.2, 0.25) is 0 Å². The number of hydrogen-bond acceptors (Lipinski definition) is 2. The fourth-order valence-electron chi connectivity index (χ4n) is 2.34. The second kappa shape index (κ2) is 6.55. The Morgan fingerprint density at radius 2 is 1.80 bits per heavy atom. The fourth-order valence-corrected chi connectivity index (χ4v) is 2.75. The van der Waals surface area contributed by atoms with Crippen LogP contribution in [0.25, 0.3) is 0 Å². The molecule has 2 aromatic rings. The van der Waals surface area contributed by atoms with Crippen LogP contribution in [-0.2, 0) is 19.6 Å². The highest BCUT2D eigenvalue weighted by molar-refractivity contribution is 9.10. The van der Waals surface area contributed by atoms with Crippen molar-refractivity contribution in [2.75, 3.05) is 7.05 Å². The van der Waals surface area contributed by atoms with Crippen LogP contribution in [0.3, 0.4) is 0 Å². The van der Waals surface area contributed by atoms with E-state index >= 15 is 0 Å². The molecule has 1 aromatic heterocycles. The Kier molecular flexibility index (Phi) is 5.00. The molecule has 0 spiro atoms. The van der Waals surface area contributed by atoms with Gasteiger partial charge in [-0.15, -0.1) is 0 Å². The summed E-state index contributed by atoms with van der Waals surface area (Å²) in [5.74, 6) is 0. The average Bonchev–Trinajstić information content (AvgIpc) is 2.69. The van der Waals surface area contributed by atoms with Crippen LogP contribution in [-0.4, -0.2) is 21.7 Å². The normalized spacial score (nSPS) is 11.3. The molecule has 0 radical (unpaired) electrons. The zero-order valence-electron chi connectivity index (χ0n) is 12.7. The van der Waals surface area contributed by atoms with Crippen molar-refractivity contribution in [3.05, 3.63) is 51.3 Å². The Balaban J connectivity index is 2.08. The van der Waals surface area contributed by atoms with Gasteiger partial charge in [-0.2, -0.15) is 5.10 Å². The second-order valence-corrected chi connectivity index (χ2v) is 6.11. The van der Waals surface area contributed by atoms with Crippen molar-refractivity contribution in [1.82, 2.24) is 14.7 Å². The zero-order valence-corrected chi connectivity index (χ0v) is 14.2. The molecule has 2 rings (SSSR count). The van der Waals surface area contributed by atoms with Crippen molar-refractivity contribution in [3.8, 4) is 0 Å². The maximum Gasteiger partial charge on any atom is 0.0739 e.